The molecule has 2 nitrogen and oxygen atoms in total. The quantitative estimate of drug-likeness (QED) is 0.896. The molecule has 78 valence electrons. The Balaban J connectivity index is 2.01. The van der Waals surface area contributed by atoms with Gasteiger partial charge in [-0.3, -0.25) is 0 Å². The average Bonchev–Trinajstić information content (AvgIpc) is 2.51. The Kier molecular flexibility index (Phi) is 3.14. The van der Waals surface area contributed by atoms with Crippen LogP contribution in [0, 0.1) is 0 Å². The lowest BCUT2D eigenvalue weighted by Crippen LogP contribution is -2.43. The van der Waals surface area contributed by atoms with Crippen LogP contribution in [0.5, 0.6) is 5.06 Å². The number of thiophene rings is 1. The Hall–Kier alpha value is -0.0600. The van der Waals surface area contributed by atoms with Crippen molar-refractivity contribution in [1.29, 1.82) is 0 Å². The van der Waals surface area contributed by atoms with Gasteiger partial charge in [-0.25, -0.2) is 0 Å². The maximum atomic E-state index is 6.01. The van der Waals surface area contributed by atoms with Crippen LogP contribution in [0.4, 0.5) is 0 Å². The first-order valence-electron chi connectivity index (χ1n) is 4.82. The Labute approximate surface area is 96.8 Å². The van der Waals surface area contributed by atoms with Crippen LogP contribution in [0.2, 0.25) is 0 Å². The van der Waals surface area contributed by atoms with E-state index >= 15 is 0 Å². The minimum Gasteiger partial charge on any atom is -0.478 e. The Bertz CT molecular complexity index is 307. The molecule has 0 amide bonds. The summed E-state index contributed by atoms with van der Waals surface area (Å²) in [5.74, 6) is 0. The molecule has 1 aliphatic heterocycles. The van der Waals surface area contributed by atoms with Crippen LogP contribution in [0.1, 0.15) is 19.8 Å². The molecule has 1 fully saturated rings. The van der Waals surface area contributed by atoms with E-state index < -0.39 is 0 Å². The molecule has 2 rings (SSSR count). The maximum Gasteiger partial charge on any atom is 0.175 e. The first-order chi connectivity index (χ1) is 6.68. The van der Waals surface area contributed by atoms with Crippen LogP contribution in [0.15, 0.2) is 15.9 Å². The third-order valence-electron chi connectivity index (χ3n) is 2.55. The zero-order valence-corrected chi connectivity index (χ0v) is 10.6. The fourth-order valence-corrected chi connectivity index (χ4v) is 3.03. The van der Waals surface area contributed by atoms with Gasteiger partial charge in [0.25, 0.3) is 0 Å². The summed E-state index contributed by atoms with van der Waals surface area (Å²) in [6, 6.07) is 2.04. The van der Waals surface area contributed by atoms with Gasteiger partial charge in [-0.1, -0.05) is 0 Å². The molecule has 4 heteroatoms. The monoisotopic (exact) mass is 275 g/mol. The van der Waals surface area contributed by atoms with Crippen LogP contribution < -0.4 is 10.1 Å². The van der Waals surface area contributed by atoms with Gasteiger partial charge in [-0.2, -0.15) is 0 Å². The molecule has 0 aliphatic carbocycles. The lowest BCUT2D eigenvalue weighted by Gasteiger charge is -2.33. The van der Waals surface area contributed by atoms with Crippen molar-refractivity contribution in [2.24, 2.45) is 0 Å². The number of nitrogens with one attached hydrogen (secondary N) is 1. The molecular weight excluding hydrogens is 262 g/mol. The standard InChI is InChI=1S/C10H14BrNOS/c1-10(2-4-12-5-3-10)13-9-6-8(11)7-14-9/h6-7,12H,2-5H2,1H3. The largest absolute Gasteiger partial charge is 0.478 e. The third-order valence-corrected chi connectivity index (χ3v) is 4.12. The van der Waals surface area contributed by atoms with Gasteiger partial charge in [0, 0.05) is 15.9 Å². The lowest BCUT2D eigenvalue weighted by atomic mass is 9.95. The molecule has 0 spiro atoms. The summed E-state index contributed by atoms with van der Waals surface area (Å²) >= 11 is 5.08. The van der Waals surface area contributed by atoms with Crippen LogP contribution in [0.25, 0.3) is 0 Å². The van der Waals surface area contributed by atoms with Crippen molar-refractivity contribution in [3.63, 3.8) is 0 Å². The second-order valence-electron chi connectivity index (χ2n) is 3.89. The Morgan fingerprint density at radius 3 is 2.79 bits per heavy atom. The predicted octanol–water partition coefficient (Wildman–Crippen LogP) is 3.03. The fraction of sp³-hybridized carbons (Fsp3) is 0.600. The van der Waals surface area contributed by atoms with Gasteiger partial charge in [-0.15, -0.1) is 11.3 Å². The molecule has 0 saturated carbocycles. The molecule has 2 heterocycles. The van der Waals surface area contributed by atoms with Crippen molar-refractivity contribution in [2.75, 3.05) is 13.1 Å². The number of ether oxygens (including phenoxy) is 1. The molecule has 1 saturated heterocycles. The summed E-state index contributed by atoms with van der Waals surface area (Å²) in [5.41, 5.74) is 0.0234. The number of piperidine rings is 1. The van der Waals surface area contributed by atoms with E-state index in [1.807, 2.05) is 6.07 Å². The summed E-state index contributed by atoms with van der Waals surface area (Å²) in [5, 5.41) is 6.42. The van der Waals surface area contributed by atoms with Gasteiger partial charge in [0.15, 0.2) is 5.06 Å². The molecule has 1 aromatic rings. The molecule has 0 unspecified atom stereocenters. The Morgan fingerprint density at radius 2 is 2.21 bits per heavy atom. The number of hydrogen-bond donors (Lipinski definition) is 1. The maximum absolute atomic E-state index is 6.01. The molecule has 0 bridgehead atoms. The van der Waals surface area contributed by atoms with E-state index in [1.165, 1.54) is 0 Å². The van der Waals surface area contributed by atoms with E-state index in [4.69, 9.17) is 4.74 Å². The van der Waals surface area contributed by atoms with Gasteiger partial charge in [0.1, 0.15) is 5.60 Å². The van der Waals surface area contributed by atoms with Gasteiger partial charge in [0.2, 0.25) is 0 Å². The minimum absolute atomic E-state index is 0.0234. The van der Waals surface area contributed by atoms with Crippen LogP contribution >= 0.6 is 27.3 Å². The van der Waals surface area contributed by atoms with Gasteiger partial charge >= 0.3 is 0 Å². The minimum atomic E-state index is 0.0234. The van der Waals surface area contributed by atoms with Crippen molar-refractivity contribution < 1.29 is 4.74 Å². The van der Waals surface area contributed by atoms with Crippen molar-refractivity contribution in [3.05, 3.63) is 15.9 Å². The summed E-state index contributed by atoms with van der Waals surface area (Å²) in [6.07, 6.45) is 2.17. The van der Waals surface area contributed by atoms with E-state index in [0.717, 1.165) is 35.5 Å². The highest BCUT2D eigenvalue weighted by Crippen LogP contribution is 2.32. The van der Waals surface area contributed by atoms with E-state index in [-0.39, 0.29) is 5.60 Å². The highest BCUT2D eigenvalue weighted by Gasteiger charge is 2.28. The predicted molar refractivity (Wildman–Crippen MR) is 63.2 cm³/mol. The topological polar surface area (TPSA) is 21.3 Å². The second-order valence-corrected chi connectivity index (χ2v) is 5.68. The zero-order valence-electron chi connectivity index (χ0n) is 8.18. The Morgan fingerprint density at radius 1 is 1.50 bits per heavy atom. The number of halogens is 1. The van der Waals surface area contributed by atoms with Crippen molar-refractivity contribution in [2.45, 2.75) is 25.4 Å². The van der Waals surface area contributed by atoms with Crippen LogP contribution in [-0.2, 0) is 0 Å². The second kappa shape index (κ2) is 4.21. The number of rotatable bonds is 2. The van der Waals surface area contributed by atoms with Gasteiger partial charge in [-0.05, 0) is 48.8 Å². The van der Waals surface area contributed by atoms with Crippen LogP contribution in [-0.4, -0.2) is 18.7 Å². The van der Waals surface area contributed by atoms with Gasteiger partial charge in [0.05, 0.1) is 0 Å². The highest BCUT2D eigenvalue weighted by atomic mass is 79.9. The first kappa shape index (κ1) is 10.5. The van der Waals surface area contributed by atoms with Crippen molar-refractivity contribution in [1.82, 2.24) is 5.32 Å². The lowest BCUT2D eigenvalue weighted by molar-refractivity contribution is 0.0596. The smallest absolute Gasteiger partial charge is 0.175 e. The molecule has 0 aromatic carbocycles. The zero-order chi connectivity index (χ0) is 10.0. The molecular formula is C10H14BrNOS. The van der Waals surface area contributed by atoms with Crippen LogP contribution in [0.3, 0.4) is 0 Å². The average molecular weight is 276 g/mol. The molecule has 0 atom stereocenters. The number of hydrogen-bond acceptors (Lipinski definition) is 3. The van der Waals surface area contributed by atoms with Crippen molar-refractivity contribution in [3.8, 4) is 5.06 Å². The molecule has 14 heavy (non-hydrogen) atoms. The van der Waals surface area contributed by atoms with Crippen molar-refractivity contribution >= 4 is 27.3 Å². The van der Waals surface area contributed by atoms with E-state index in [2.05, 4.69) is 33.6 Å². The van der Waals surface area contributed by atoms with Gasteiger partial charge < -0.3 is 10.1 Å². The summed E-state index contributed by atoms with van der Waals surface area (Å²) in [4.78, 5) is 0. The van der Waals surface area contributed by atoms with E-state index in [1.54, 1.807) is 11.3 Å². The van der Waals surface area contributed by atoms with E-state index in [9.17, 15) is 0 Å². The first-order valence-corrected chi connectivity index (χ1v) is 6.49. The highest BCUT2D eigenvalue weighted by molar-refractivity contribution is 9.10. The van der Waals surface area contributed by atoms with E-state index in [0.29, 0.717) is 0 Å². The summed E-state index contributed by atoms with van der Waals surface area (Å²) < 4.78 is 7.12. The molecule has 0 radical (unpaired) electrons. The molecule has 1 N–H and O–H groups in total. The SMILES string of the molecule is CC1(Oc2cc(Br)cs2)CCNCC1. The fourth-order valence-electron chi connectivity index (χ4n) is 1.65. The summed E-state index contributed by atoms with van der Waals surface area (Å²) in [6.45, 7) is 4.31. The molecule has 1 aliphatic rings. The molecule has 1 aromatic heterocycles. The third kappa shape index (κ3) is 2.49. The summed E-state index contributed by atoms with van der Waals surface area (Å²) in [7, 11) is 0. The normalized spacial score (nSPS) is 20.7.